The van der Waals surface area contributed by atoms with Crippen LogP contribution in [0.2, 0.25) is 0 Å². The molecule has 7 aliphatic rings. The Labute approximate surface area is 294 Å². The zero-order valence-corrected chi connectivity index (χ0v) is 28.8. The van der Waals surface area contributed by atoms with E-state index >= 15 is 0 Å². The molecule has 9 N–H and O–H groups in total. The van der Waals surface area contributed by atoms with Crippen molar-refractivity contribution in [3.8, 4) is 0 Å². The Hall–Kier alpha value is -1.64. The van der Waals surface area contributed by atoms with Crippen LogP contribution in [0.1, 0.15) is 65.2 Å². The fourth-order valence-corrected chi connectivity index (χ4v) is 11.3. The molecule has 0 aromatic carbocycles. The third kappa shape index (κ3) is 5.59. The highest BCUT2D eigenvalue weighted by Crippen LogP contribution is 2.70. The van der Waals surface area contributed by atoms with E-state index in [0.717, 1.165) is 11.9 Å². The minimum Gasteiger partial charge on any atom is -0.458 e. The van der Waals surface area contributed by atoms with E-state index in [2.05, 4.69) is 0 Å². The van der Waals surface area contributed by atoms with Gasteiger partial charge < -0.3 is 74.4 Å². The van der Waals surface area contributed by atoms with E-state index in [1.54, 1.807) is 0 Å². The van der Waals surface area contributed by atoms with Crippen LogP contribution in [0.4, 0.5) is 0 Å². The Balaban J connectivity index is 1.04. The number of rotatable bonds is 7. The summed E-state index contributed by atoms with van der Waals surface area (Å²) in [4.78, 5) is 25.1. The van der Waals surface area contributed by atoms with Crippen molar-refractivity contribution in [3.05, 3.63) is 11.6 Å². The number of hydrogen-bond acceptors (Lipinski definition) is 16. The summed E-state index contributed by atoms with van der Waals surface area (Å²) in [5.74, 6) is -1.82. The Morgan fingerprint density at radius 3 is 2.25 bits per heavy atom. The van der Waals surface area contributed by atoms with Crippen LogP contribution >= 0.6 is 0 Å². The summed E-state index contributed by atoms with van der Waals surface area (Å²) in [7, 11) is 0. The average molecular weight is 729 g/mol. The molecule has 6 fully saturated rings. The van der Waals surface area contributed by atoms with Crippen molar-refractivity contribution in [2.75, 3.05) is 13.2 Å². The fraction of sp³-hybridized carbons (Fsp3) is 0.886. The van der Waals surface area contributed by atoms with Crippen LogP contribution in [0.15, 0.2) is 11.6 Å². The Kier molecular flexibility index (Phi) is 9.81. The molecule has 2 saturated heterocycles. The third-order valence-corrected chi connectivity index (χ3v) is 14.0. The summed E-state index contributed by atoms with van der Waals surface area (Å²) in [5, 5.41) is 98.8. The van der Waals surface area contributed by atoms with Crippen molar-refractivity contribution >= 4 is 12.3 Å². The number of esters is 1. The molecule has 19 atom stereocenters. The molecule has 3 aliphatic heterocycles. The molecule has 288 valence electrons. The van der Waals surface area contributed by atoms with Gasteiger partial charge in [-0.15, -0.1) is 0 Å². The molecular formula is C35H52O16. The molecule has 4 saturated carbocycles. The number of aldehydes is 1. The number of aliphatic hydroxyl groups excluding tert-OH is 7. The van der Waals surface area contributed by atoms with Crippen LogP contribution in [-0.4, -0.2) is 156 Å². The van der Waals surface area contributed by atoms with Crippen LogP contribution < -0.4 is 0 Å². The van der Waals surface area contributed by atoms with E-state index < -0.39 is 120 Å². The normalized spacial score (nSPS) is 55.6. The summed E-state index contributed by atoms with van der Waals surface area (Å²) in [6.07, 6.45) is -12.3. The van der Waals surface area contributed by atoms with Crippen molar-refractivity contribution in [1.29, 1.82) is 0 Å². The quantitative estimate of drug-likeness (QED) is 0.0748. The SMILES string of the molecule is C[C@H]1O[C@@H](O[C@H]2CC[C@]3(C=O)[C@H]4[C@H](O)C[C@]5(C)[C@@H](C6=CC(=O)OC6)CC[C@]5(O)[C@@H]4CC[C@]3(O)C2)[C@H](O)[C@H](O)[C@@H]1O[C@@H]1O[C@H](CO)[C@@H](O)[C@@H](O)[C@H]1O. The number of hydrogen-bond donors (Lipinski definition) is 9. The van der Waals surface area contributed by atoms with Gasteiger partial charge in [-0.1, -0.05) is 6.92 Å². The monoisotopic (exact) mass is 728 g/mol. The molecule has 16 nitrogen and oxygen atoms in total. The lowest BCUT2D eigenvalue weighted by Gasteiger charge is -2.66. The highest BCUT2D eigenvalue weighted by atomic mass is 16.7. The summed E-state index contributed by atoms with van der Waals surface area (Å²) in [6.45, 7) is 2.94. The number of carbonyl (C=O) groups excluding carboxylic acids is 2. The lowest BCUT2D eigenvalue weighted by Crippen LogP contribution is -2.72. The first-order chi connectivity index (χ1) is 24.0. The van der Waals surface area contributed by atoms with E-state index in [-0.39, 0.29) is 44.6 Å². The Morgan fingerprint density at radius 1 is 0.882 bits per heavy atom. The molecule has 51 heavy (non-hydrogen) atoms. The number of cyclic esters (lactones) is 1. The number of fused-ring (bicyclic) bond motifs is 5. The van der Waals surface area contributed by atoms with Crippen molar-refractivity contribution in [2.24, 2.45) is 28.6 Å². The maximum absolute atomic E-state index is 13.2. The van der Waals surface area contributed by atoms with Gasteiger partial charge in [0.1, 0.15) is 55.6 Å². The van der Waals surface area contributed by atoms with Gasteiger partial charge in [-0.25, -0.2) is 4.79 Å². The molecule has 0 radical (unpaired) electrons. The van der Waals surface area contributed by atoms with E-state index in [9.17, 15) is 55.5 Å². The minimum atomic E-state index is -1.73. The lowest BCUT2D eigenvalue weighted by molar-refractivity contribution is -0.361. The van der Waals surface area contributed by atoms with E-state index in [1.165, 1.54) is 13.0 Å². The minimum absolute atomic E-state index is 0.0335. The van der Waals surface area contributed by atoms with Crippen LogP contribution in [0, 0.1) is 28.6 Å². The Morgan fingerprint density at radius 2 is 1.59 bits per heavy atom. The van der Waals surface area contributed by atoms with Crippen LogP contribution in [0.5, 0.6) is 0 Å². The Bertz CT molecular complexity index is 1380. The summed E-state index contributed by atoms with van der Waals surface area (Å²) >= 11 is 0. The van der Waals surface area contributed by atoms with Gasteiger partial charge in [0, 0.05) is 23.8 Å². The standard InChI is InChI=1S/C35H52O16/c1-15-29(51-31-27(43)25(41)24(40)21(12-36)50-31)26(42)28(44)30(48-15)49-17-3-6-33(14-37)23-19(4-7-34(33,45)10-17)35(46)8-5-18(16-9-22(39)47-13-16)32(35,2)11-20(23)38/h9,14-15,17-21,23-31,36,38,40-46H,3-8,10-13H2,1-2H3/t15-,17+,18-,19-,20-,21-,23-,24-,25-,26+,27-,28-,29-,30+,31+,32-,33+,34+,35+/m1/s1. The van der Waals surface area contributed by atoms with Crippen molar-refractivity contribution in [2.45, 2.75) is 150 Å². The molecule has 0 spiro atoms. The molecule has 0 aromatic heterocycles. The molecule has 0 bridgehead atoms. The van der Waals surface area contributed by atoms with E-state index in [0.29, 0.717) is 19.3 Å². The predicted octanol–water partition coefficient (Wildman–Crippen LogP) is -2.45. The second-order valence-corrected chi connectivity index (χ2v) is 16.4. The number of ether oxygens (including phenoxy) is 5. The molecule has 4 aliphatic carbocycles. The van der Waals surface area contributed by atoms with Gasteiger partial charge >= 0.3 is 5.97 Å². The van der Waals surface area contributed by atoms with Crippen LogP contribution in [0.25, 0.3) is 0 Å². The van der Waals surface area contributed by atoms with Gasteiger partial charge in [0.25, 0.3) is 0 Å². The summed E-state index contributed by atoms with van der Waals surface area (Å²) < 4.78 is 28.3. The van der Waals surface area contributed by atoms with Crippen molar-refractivity contribution in [3.63, 3.8) is 0 Å². The first-order valence-electron chi connectivity index (χ1n) is 18.1. The summed E-state index contributed by atoms with van der Waals surface area (Å²) in [5.41, 5.74) is -4.23. The van der Waals surface area contributed by atoms with Gasteiger partial charge in [-0.2, -0.15) is 0 Å². The maximum Gasteiger partial charge on any atom is 0.331 e. The highest BCUT2D eigenvalue weighted by Gasteiger charge is 2.74. The zero-order chi connectivity index (χ0) is 36.8. The van der Waals surface area contributed by atoms with Crippen LogP contribution in [0.3, 0.4) is 0 Å². The van der Waals surface area contributed by atoms with Crippen LogP contribution in [-0.2, 0) is 33.3 Å². The van der Waals surface area contributed by atoms with Gasteiger partial charge in [0.15, 0.2) is 12.6 Å². The summed E-state index contributed by atoms with van der Waals surface area (Å²) in [6, 6.07) is 0. The van der Waals surface area contributed by atoms with E-state index in [4.69, 9.17) is 23.7 Å². The first-order valence-corrected chi connectivity index (χ1v) is 18.1. The second-order valence-electron chi connectivity index (χ2n) is 16.4. The molecule has 7 rings (SSSR count). The van der Waals surface area contributed by atoms with Gasteiger partial charge in [-0.05, 0) is 69.3 Å². The number of aliphatic hydroxyl groups is 9. The lowest BCUT2D eigenvalue weighted by atomic mass is 9.41. The largest absolute Gasteiger partial charge is 0.458 e. The number of carbonyl (C=O) groups is 2. The smallest absolute Gasteiger partial charge is 0.331 e. The molecule has 0 aromatic rings. The van der Waals surface area contributed by atoms with Gasteiger partial charge in [0.05, 0.1) is 41.5 Å². The van der Waals surface area contributed by atoms with E-state index in [1.807, 2.05) is 6.92 Å². The van der Waals surface area contributed by atoms with Gasteiger partial charge in [-0.3, -0.25) is 0 Å². The van der Waals surface area contributed by atoms with Crippen molar-refractivity contribution < 1.29 is 79.2 Å². The zero-order valence-electron chi connectivity index (χ0n) is 28.8. The third-order valence-electron chi connectivity index (χ3n) is 14.0. The molecule has 16 heteroatoms. The van der Waals surface area contributed by atoms with Gasteiger partial charge in [0.2, 0.25) is 0 Å². The molecule has 0 unspecified atom stereocenters. The second kappa shape index (κ2) is 13.3. The molecule has 0 amide bonds. The first kappa shape index (κ1) is 37.7. The predicted molar refractivity (Wildman–Crippen MR) is 169 cm³/mol. The fourth-order valence-electron chi connectivity index (χ4n) is 11.3. The highest BCUT2D eigenvalue weighted by molar-refractivity contribution is 5.85. The maximum atomic E-state index is 13.2. The molecule has 3 heterocycles. The van der Waals surface area contributed by atoms with Crippen molar-refractivity contribution in [1.82, 2.24) is 0 Å². The average Bonchev–Trinajstić information content (AvgIpc) is 3.63. The topological polar surface area (TPSA) is 262 Å². The molecular weight excluding hydrogens is 676 g/mol.